The van der Waals surface area contributed by atoms with E-state index in [0.717, 1.165) is 4.47 Å². The summed E-state index contributed by atoms with van der Waals surface area (Å²) in [4.78, 5) is 1.21. The van der Waals surface area contributed by atoms with Crippen molar-refractivity contribution in [3.63, 3.8) is 0 Å². The van der Waals surface area contributed by atoms with Gasteiger partial charge in [0.2, 0.25) is 0 Å². The zero-order chi connectivity index (χ0) is 12.3. The fourth-order valence-corrected chi connectivity index (χ4v) is 3.38. The quantitative estimate of drug-likeness (QED) is 0.896. The molecule has 17 heavy (non-hydrogen) atoms. The highest BCUT2D eigenvalue weighted by atomic mass is 79.9. The molecule has 0 saturated heterocycles. The van der Waals surface area contributed by atoms with Gasteiger partial charge in [-0.15, -0.1) is 11.3 Å². The third kappa shape index (κ3) is 3.18. The van der Waals surface area contributed by atoms with Crippen molar-refractivity contribution in [2.75, 3.05) is 0 Å². The Morgan fingerprint density at radius 1 is 1.24 bits per heavy atom. The minimum Gasteiger partial charge on any atom is -0.392 e. The molecule has 1 aromatic heterocycles. The van der Waals surface area contributed by atoms with E-state index in [1.54, 1.807) is 11.3 Å². The molecule has 0 aliphatic carbocycles. The summed E-state index contributed by atoms with van der Waals surface area (Å²) in [7, 11) is 0. The van der Waals surface area contributed by atoms with Gasteiger partial charge in [-0.25, -0.2) is 0 Å². The number of aliphatic hydroxyl groups excluding tert-OH is 1. The largest absolute Gasteiger partial charge is 0.392 e. The molecule has 2 aromatic rings. The third-order valence-electron chi connectivity index (χ3n) is 2.99. The summed E-state index contributed by atoms with van der Waals surface area (Å²) in [6.45, 7) is 2.07. The lowest BCUT2D eigenvalue weighted by atomic mass is 9.93. The highest BCUT2D eigenvalue weighted by Crippen LogP contribution is 2.28. The molecule has 1 nitrogen and oxygen atoms in total. The first-order chi connectivity index (χ1) is 8.18. The van der Waals surface area contributed by atoms with Crippen LogP contribution in [-0.4, -0.2) is 11.2 Å². The van der Waals surface area contributed by atoms with Gasteiger partial charge < -0.3 is 5.11 Å². The zero-order valence-electron chi connectivity index (χ0n) is 9.64. The van der Waals surface area contributed by atoms with Gasteiger partial charge in [0, 0.05) is 21.7 Å². The van der Waals surface area contributed by atoms with Gasteiger partial charge in [-0.2, -0.15) is 0 Å². The molecule has 1 N–H and O–H groups in total. The van der Waals surface area contributed by atoms with E-state index in [4.69, 9.17) is 0 Å². The summed E-state index contributed by atoms with van der Waals surface area (Å²) in [6, 6.07) is 12.2. The Kier molecular flexibility index (Phi) is 4.37. The monoisotopic (exact) mass is 310 g/mol. The molecule has 0 aliphatic heterocycles. The maximum Gasteiger partial charge on any atom is 0.0654 e. The summed E-state index contributed by atoms with van der Waals surface area (Å²) >= 11 is 5.18. The van der Waals surface area contributed by atoms with Gasteiger partial charge in [0.15, 0.2) is 0 Å². The molecule has 90 valence electrons. The first-order valence-corrected chi connectivity index (χ1v) is 7.30. The van der Waals surface area contributed by atoms with Crippen LogP contribution in [0.1, 0.15) is 23.3 Å². The normalized spacial score (nSPS) is 14.5. The van der Waals surface area contributed by atoms with Crippen molar-refractivity contribution < 1.29 is 5.11 Å². The second-order valence-corrected chi connectivity index (χ2v) is 6.02. The number of hydrogen-bond acceptors (Lipinski definition) is 2. The van der Waals surface area contributed by atoms with Gasteiger partial charge in [-0.1, -0.05) is 37.3 Å². The van der Waals surface area contributed by atoms with Crippen LogP contribution in [0.15, 0.2) is 46.3 Å². The predicted molar refractivity (Wildman–Crippen MR) is 76.6 cm³/mol. The van der Waals surface area contributed by atoms with Crippen LogP contribution in [0.3, 0.4) is 0 Å². The lowest BCUT2D eigenvalue weighted by Crippen LogP contribution is -2.18. The van der Waals surface area contributed by atoms with Crippen LogP contribution in [-0.2, 0) is 6.42 Å². The van der Waals surface area contributed by atoms with E-state index < -0.39 is 0 Å². The summed E-state index contributed by atoms with van der Waals surface area (Å²) in [6.07, 6.45) is 0.362. The van der Waals surface area contributed by atoms with E-state index in [2.05, 4.69) is 35.0 Å². The van der Waals surface area contributed by atoms with Gasteiger partial charge in [0.1, 0.15) is 0 Å². The second-order valence-electron chi connectivity index (χ2n) is 4.16. The van der Waals surface area contributed by atoms with Crippen LogP contribution in [0.25, 0.3) is 0 Å². The standard InChI is InChI=1S/C14H15BrOS/c1-10(11-5-3-2-4-6-11)13(16)9-14-12(15)7-8-17-14/h2-8,10,13,16H,9H2,1H3. The van der Waals surface area contributed by atoms with E-state index in [1.165, 1.54) is 10.4 Å². The Hall–Kier alpha value is -0.640. The van der Waals surface area contributed by atoms with Gasteiger partial charge in [-0.3, -0.25) is 0 Å². The summed E-state index contributed by atoms with van der Waals surface area (Å²) in [5.41, 5.74) is 1.19. The summed E-state index contributed by atoms with van der Waals surface area (Å²) in [5.74, 6) is 0.158. The molecule has 0 radical (unpaired) electrons. The van der Waals surface area contributed by atoms with Gasteiger partial charge in [-0.05, 0) is 32.9 Å². The summed E-state index contributed by atoms with van der Waals surface area (Å²) in [5, 5.41) is 12.3. The molecular formula is C14H15BrOS. The van der Waals surface area contributed by atoms with Crippen molar-refractivity contribution in [2.45, 2.75) is 25.4 Å². The topological polar surface area (TPSA) is 20.2 Å². The third-order valence-corrected chi connectivity index (χ3v) is 4.94. The molecule has 0 fully saturated rings. The van der Waals surface area contributed by atoms with Crippen LogP contribution in [0.5, 0.6) is 0 Å². The van der Waals surface area contributed by atoms with E-state index >= 15 is 0 Å². The lowest BCUT2D eigenvalue weighted by Gasteiger charge is -2.18. The number of benzene rings is 1. The number of hydrogen-bond donors (Lipinski definition) is 1. The van der Waals surface area contributed by atoms with E-state index in [0.29, 0.717) is 6.42 Å². The molecule has 0 saturated carbocycles. The van der Waals surface area contributed by atoms with Crippen molar-refractivity contribution >= 4 is 27.3 Å². The predicted octanol–water partition coefficient (Wildman–Crippen LogP) is 4.22. The zero-order valence-corrected chi connectivity index (χ0v) is 12.0. The molecule has 3 heteroatoms. The Morgan fingerprint density at radius 3 is 2.53 bits per heavy atom. The Balaban J connectivity index is 2.06. The number of halogens is 1. The highest BCUT2D eigenvalue weighted by Gasteiger charge is 2.18. The number of thiophene rings is 1. The molecule has 2 rings (SSSR count). The summed E-state index contributed by atoms with van der Waals surface area (Å²) < 4.78 is 1.10. The minimum atomic E-state index is -0.340. The average Bonchev–Trinajstić information content (AvgIpc) is 2.75. The van der Waals surface area contributed by atoms with Crippen molar-refractivity contribution in [1.29, 1.82) is 0 Å². The fourth-order valence-electron chi connectivity index (χ4n) is 1.82. The van der Waals surface area contributed by atoms with Gasteiger partial charge in [0.25, 0.3) is 0 Å². The van der Waals surface area contributed by atoms with Crippen molar-refractivity contribution in [2.24, 2.45) is 0 Å². The molecule has 0 spiro atoms. The molecule has 0 amide bonds. The smallest absolute Gasteiger partial charge is 0.0654 e. The first kappa shape index (κ1) is 12.8. The van der Waals surface area contributed by atoms with Crippen molar-refractivity contribution in [3.8, 4) is 0 Å². The Labute approximate surface area is 114 Å². The Bertz CT molecular complexity index is 466. The van der Waals surface area contributed by atoms with Crippen molar-refractivity contribution in [1.82, 2.24) is 0 Å². The molecule has 0 aliphatic rings. The van der Waals surface area contributed by atoms with Gasteiger partial charge in [0.05, 0.1) is 6.10 Å². The van der Waals surface area contributed by atoms with Gasteiger partial charge >= 0.3 is 0 Å². The SMILES string of the molecule is CC(c1ccccc1)C(O)Cc1sccc1Br. The van der Waals surface area contributed by atoms with Crippen LogP contribution in [0.4, 0.5) is 0 Å². The first-order valence-electron chi connectivity index (χ1n) is 5.63. The van der Waals surface area contributed by atoms with Crippen molar-refractivity contribution in [3.05, 3.63) is 56.7 Å². The average molecular weight is 311 g/mol. The van der Waals surface area contributed by atoms with E-state index in [1.807, 2.05) is 29.6 Å². The molecule has 2 atom stereocenters. The number of aliphatic hydroxyl groups is 1. The van der Waals surface area contributed by atoms with Crippen LogP contribution in [0.2, 0.25) is 0 Å². The molecule has 1 aromatic carbocycles. The maximum atomic E-state index is 10.3. The van der Waals surface area contributed by atoms with E-state index in [-0.39, 0.29) is 12.0 Å². The van der Waals surface area contributed by atoms with Crippen LogP contribution < -0.4 is 0 Å². The molecule has 2 unspecified atom stereocenters. The van der Waals surface area contributed by atoms with Crippen LogP contribution in [0, 0.1) is 0 Å². The second kappa shape index (κ2) is 5.80. The maximum absolute atomic E-state index is 10.3. The Morgan fingerprint density at radius 2 is 1.94 bits per heavy atom. The number of rotatable bonds is 4. The molecule has 1 heterocycles. The lowest BCUT2D eigenvalue weighted by molar-refractivity contribution is 0.150. The van der Waals surface area contributed by atoms with E-state index in [9.17, 15) is 5.11 Å². The van der Waals surface area contributed by atoms with Crippen LogP contribution >= 0.6 is 27.3 Å². The molecule has 0 bridgehead atoms. The fraction of sp³-hybridized carbons (Fsp3) is 0.286. The molecular weight excluding hydrogens is 296 g/mol. The minimum absolute atomic E-state index is 0.158. The highest BCUT2D eigenvalue weighted by molar-refractivity contribution is 9.10.